The maximum Gasteiger partial charge on any atom is 0.233 e. The van der Waals surface area contributed by atoms with Crippen molar-refractivity contribution in [2.45, 2.75) is 43.9 Å². The van der Waals surface area contributed by atoms with Crippen LogP contribution in [0, 0.1) is 17.8 Å². The maximum absolute atomic E-state index is 4.85. The molecule has 0 aromatic carbocycles. The Kier molecular flexibility index (Phi) is 1.85. The number of hydrogen-bond acceptors (Lipinski definition) is 2. The summed E-state index contributed by atoms with van der Waals surface area (Å²) in [6, 6.07) is 1.98. The molecule has 0 saturated heterocycles. The summed E-state index contributed by atoms with van der Waals surface area (Å²) < 4.78 is 2.09. The van der Waals surface area contributed by atoms with Crippen molar-refractivity contribution in [3.8, 4) is 0 Å². The molecule has 4 fully saturated rings. The quantitative estimate of drug-likeness (QED) is 0.781. The largest absolute Gasteiger partial charge is 0.291 e. The molecule has 19 heavy (non-hydrogen) atoms. The van der Waals surface area contributed by atoms with Crippen molar-refractivity contribution in [2.75, 3.05) is 0 Å². The Morgan fingerprint density at radius 1 is 1.05 bits per heavy atom. The first-order valence-electron chi connectivity index (χ1n) is 7.61. The lowest BCUT2D eigenvalue weighted by Crippen LogP contribution is -2.48. The molecular weight excluding hydrogens is 234 g/mol. The van der Waals surface area contributed by atoms with Crippen LogP contribution in [0.15, 0.2) is 24.7 Å². The molecule has 0 radical (unpaired) electrons. The molecule has 0 spiro atoms. The Morgan fingerprint density at radius 2 is 1.74 bits per heavy atom. The Morgan fingerprint density at radius 3 is 2.37 bits per heavy atom. The first kappa shape index (κ1) is 10.4. The summed E-state index contributed by atoms with van der Waals surface area (Å²) in [5.74, 6) is 3.80. The molecule has 2 aromatic heterocycles. The van der Waals surface area contributed by atoms with Gasteiger partial charge in [-0.1, -0.05) is 0 Å². The van der Waals surface area contributed by atoms with Crippen molar-refractivity contribution in [1.82, 2.24) is 14.4 Å². The zero-order chi connectivity index (χ0) is 12.4. The van der Waals surface area contributed by atoms with Crippen LogP contribution in [0.1, 0.15) is 44.2 Å². The van der Waals surface area contributed by atoms with E-state index in [9.17, 15) is 0 Å². The molecule has 4 bridgehead atoms. The van der Waals surface area contributed by atoms with E-state index in [0.717, 1.165) is 23.5 Å². The summed E-state index contributed by atoms with van der Waals surface area (Å²) >= 11 is 0. The van der Waals surface area contributed by atoms with Gasteiger partial charge in [0, 0.05) is 24.0 Å². The van der Waals surface area contributed by atoms with Crippen LogP contribution in [0.2, 0.25) is 0 Å². The number of hydrogen-bond donors (Lipinski definition) is 0. The fourth-order valence-electron chi connectivity index (χ4n) is 5.51. The molecule has 3 nitrogen and oxygen atoms in total. The van der Waals surface area contributed by atoms with Crippen LogP contribution >= 0.6 is 0 Å². The molecule has 0 atom stereocenters. The molecule has 3 heteroatoms. The van der Waals surface area contributed by atoms with Gasteiger partial charge in [0.15, 0.2) is 0 Å². The van der Waals surface area contributed by atoms with E-state index in [1.165, 1.54) is 44.2 Å². The zero-order valence-electron chi connectivity index (χ0n) is 11.1. The summed E-state index contributed by atoms with van der Waals surface area (Å²) in [5.41, 5.74) is 1.72. The van der Waals surface area contributed by atoms with Gasteiger partial charge >= 0.3 is 0 Å². The number of imidazole rings is 1. The molecule has 4 aliphatic rings. The van der Waals surface area contributed by atoms with Crippen LogP contribution in [0.4, 0.5) is 0 Å². The fraction of sp³-hybridized carbons (Fsp3) is 0.625. The minimum atomic E-state index is 0.391. The van der Waals surface area contributed by atoms with E-state index in [1.807, 2.05) is 12.3 Å². The van der Waals surface area contributed by atoms with Gasteiger partial charge in [-0.3, -0.25) is 4.40 Å². The molecular formula is C16H19N3. The first-order valence-corrected chi connectivity index (χ1v) is 7.61. The topological polar surface area (TPSA) is 30.2 Å². The summed E-state index contributed by atoms with van der Waals surface area (Å²) in [6.07, 6.45) is 14.8. The third-order valence-electron chi connectivity index (χ3n) is 5.82. The molecule has 98 valence electrons. The van der Waals surface area contributed by atoms with Gasteiger partial charge in [-0.05, 0) is 62.3 Å². The molecule has 4 saturated carbocycles. The van der Waals surface area contributed by atoms with Crippen LogP contribution in [0.3, 0.4) is 0 Å². The zero-order valence-corrected chi connectivity index (χ0v) is 11.1. The van der Waals surface area contributed by atoms with Crippen LogP contribution in [0.5, 0.6) is 0 Å². The number of nitrogens with zero attached hydrogens (tertiary/aromatic N) is 3. The van der Waals surface area contributed by atoms with Gasteiger partial charge in [0.2, 0.25) is 5.78 Å². The number of rotatable bonds is 1. The second-order valence-corrected chi connectivity index (χ2v) is 7.15. The molecule has 0 amide bonds. The van der Waals surface area contributed by atoms with Crippen LogP contribution in [-0.2, 0) is 5.41 Å². The highest BCUT2D eigenvalue weighted by Crippen LogP contribution is 2.60. The summed E-state index contributed by atoms with van der Waals surface area (Å²) in [4.78, 5) is 9.24. The second kappa shape index (κ2) is 3.38. The molecule has 0 N–H and O–H groups in total. The Balaban J connectivity index is 1.64. The van der Waals surface area contributed by atoms with Crippen molar-refractivity contribution < 1.29 is 0 Å². The highest BCUT2D eigenvalue weighted by molar-refractivity contribution is 5.34. The highest BCUT2D eigenvalue weighted by atomic mass is 15.1. The van der Waals surface area contributed by atoms with E-state index in [1.54, 1.807) is 0 Å². The standard InChI is InChI=1S/C16H19N3/c1-2-17-15-18-14(10-19(15)3-1)16-7-11-4-12(8-16)6-13(5-11)9-16/h1-3,10-13H,4-9H2. The third kappa shape index (κ3) is 1.39. The summed E-state index contributed by atoms with van der Waals surface area (Å²) in [7, 11) is 0. The van der Waals surface area contributed by atoms with E-state index in [-0.39, 0.29) is 0 Å². The average Bonchev–Trinajstić information content (AvgIpc) is 2.81. The van der Waals surface area contributed by atoms with Crippen LogP contribution in [0.25, 0.3) is 5.78 Å². The fourth-order valence-corrected chi connectivity index (χ4v) is 5.51. The van der Waals surface area contributed by atoms with Crippen molar-refractivity contribution in [2.24, 2.45) is 17.8 Å². The van der Waals surface area contributed by atoms with Crippen LogP contribution in [-0.4, -0.2) is 14.4 Å². The van der Waals surface area contributed by atoms with Gasteiger partial charge < -0.3 is 0 Å². The lowest BCUT2D eigenvalue weighted by molar-refractivity contribution is -0.00698. The van der Waals surface area contributed by atoms with E-state index >= 15 is 0 Å². The van der Waals surface area contributed by atoms with Crippen molar-refractivity contribution in [1.29, 1.82) is 0 Å². The van der Waals surface area contributed by atoms with Gasteiger partial charge in [-0.2, -0.15) is 0 Å². The minimum Gasteiger partial charge on any atom is -0.291 e. The lowest BCUT2D eigenvalue weighted by atomic mass is 9.49. The molecule has 0 aliphatic heterocycles. The van der Waals surface area contributed by atoms with Gasteiger partial charge in [0.25, 0.3) is 0 Å². The Bertz CT molecular complexity index is 574. The van der Waals surface area contributed by atoms with E-state index in [0.29, 0.717) is 5.41 Å². The molecule has 6 rings (SSSR count). The maximum atomic E-state index is 4.85. The predicted molar refractivity (Wildman–Crippen MR) is 72.8 cm³/mol. The third-order valence-corrected chi connectivity index (χ3v) is 5.82. The first-order chi connectivity index (χ1) is 9.31. The molecule has 0 unspecified atom stereocenters. The van der Waals surface area contributed by atoms with Crippen molar-refractivity contribution in [3.05, 3.63) is 30.4 Å². The summed E-state index contributed by atoms with van der Waals surface area (Å²) in [6.45, 7) is 0. The van der Waals surface area contributed by atoms with Crippen LogP contribution < -0.4 is 0 Å². The van der Waals surface area contributed by atoms with Gasteiger partial charge in [-0.15, -0.1) is 0 Å². The number of fused-ring (bicyclic) bond motifs is 1. The van der Waals surface area contributed by atoms with Crippen molar-refractivity contribution >= 4 is 5.78 Å². The van der Waals surface area contributed by atoms with E-state index in [4.69, 9.17) is 4.98 Å². The highest BCUT2D eigenvalue weighted by Gasteiger charge is 2.52. The lowest BCUT2D eigenvalue weighted by Gasteiger charge is -2.56. The molecule has 2 aromatic rings. The predicted octanol–water partition coefficient (Wildman–Crippen LogP) is 3.20. The Labute approximate surface area is 113 Å². The number of aromatic nitrogens is 3. The average molecular weight is 253 g/mol. The van der Waals surface area contributed by atoms with E-state index < -0.39 is 0 Å². The monoisotopic (exact) mass is 253 g/mol. The van der Waals surface area contributed by atoms with E-state index in [2.05, 4.69) is 21.8 Å². The van der Waals surface area contributed by atoms with Gasteiger partial charge in [0.05, 0.1) is 5.69 Å². The molecule has 4 aliphatic carbocycles. The SMILES string of the molecule is c1cnc2nc(C34CC5CC(CC(C5)C3)C4)cn2c1. The van der Waals surface area contributed by atoms with Gasteiger partial charge in [0.1, 0.15) is 0 Å². The second-order valence-electron chi connectivity index (χ2n) is 7.15. The van der Waals surface area contributed by atoms with Gasteiger partial charge in [-0.25, -0.2) is 9.97 Å². The normalized spacial score (nSPS) is 40.1. The molecule has 2 heterocycles. The minimum absolute atomic E-state index is 0.391. The smallest absolute Gasteiger partial charge is 0.233 e. The summed E-state index contributed by atoms with van der Waals surface area (Å²) in [5, 5.41) is 0. The Hall–Kier alpha value is -1.38. The van der Waals surface area contributed by atoms with Crippen molar-refractivity contribution in [3.63, 3.8) is 0 Å².